The van der Waals surface area contributed by atoms with Crippen LogP contribution in [0.25, 0.3) is 10.8 Å². The Kier molecular flexibility index (Phi) is 2.34. The summed E-state index contributed by atoms with van der Waals surface area (Å²) >= 11 is 6.66. The first kappa shape index (κ1) is 10.9. The Hall–Kier alpha value is -1.20. The molecule has 0 saturated carbocycles. The van der Waals surface area contributed by atoms with E-state index in [9.17, 15) is 9.59 Å². The van der Waals surface area contributed by atoms with E-state index in [-0.39, 0.29) is 0 Å². The van der Waals surface area contributed by atoms with Crippen LogP contribution in [0, 0.1) is 0 Å². The molecule has 0 amide bonds. The van der Waals surface area contributed by atoms with Crippen LogP contribution in [0.4, 0.5) is 0 Å². The SMILES string of the molecule is O=C1OC(=O)c2cc(Br)cc3cc(Br)cc1c23. The zero-order valence-corrected chi connectivity index (χ0v) is 11.5. The summed E-state index contributed by atoms with van der Waals surface area (Å²) in [7, 11) is 0. The van der Waals surface area contributed by atoms with E-state index in [0.29, 0.717) is 16.5 Å². The lowest BCUT2D eigenvalue weighted by molar-refractivity contribution is 0.0391. The molecule has 2 aromatic rings. The number of halogens is 2. The maximum atomic E-state index is 11.6. The monoisotopic (exact) mass is 354 g/mol. The lowest BCUT2D eigenvalue weighted by Crippen LogP contribution is -2.19. The number of carbonyl (C=O) groups excluding carboxylic acids is 2. The molecule has 0 aromatic heterocycles. The van der Waals surface area contributed by atoms with Crippen LogP contribution in [0.3, 0.4) is 0 Å². The molecule has 17 heavy (non-hydrogen) atoms. The van der Waals surface area contributed by atoms with Gasteiger partial charge in [0.15, 0.2) is 0 Å². The fourth-order valence-electron chi connectivity index (χ4n) is 1.96. The van der Waals surface area contributed by atoms with Gasteiger partial charge in [-0.05, 0) is 29.7 Å². The molecule has 0 spiro atoms. The van der Waals surface area contributed by atoms with Crippen molar-refractivity contribution in [3.8, 4) is 0 Å². The summed E-state index contributed by atoms with van der Waals surface area (Å²) in [6.45, 7) is 0. The number of hydrogen-bond donors (Lipinski definition) is 0. The van der Waals surface area contributed by atoms with Crippen molar-refractivity contribution in [2.24, 2.45) is 0 Å². The molecule has 0 aliphatic carbocycles. The maximum Gasteiger partial charge on any atom is 0.346 e. The number of hydrogen-bond acceptors (Lipinski definition) is 3. The quantitative estimate of drug-likeness (QED) is 0.535. The van der Waals surface area contributed by atoms with Gasteiger partial charge >= 0.3 is 11.9 Å². The van der Waals surface area contributed by atoms with E-state index >= 15 is 0 Å². The molecule has 0 bridgehead atoms. The predicted molar refractivity (Wildman–Crippen MR) is 69.1 cm³/mol. The second kappa shape index (κ2) is 3.65. The molecule has 84 valence electrons. The Morgan fingerprint density at radius 2 is 1.29 bits per heavy atom. The van der Waals surface area contributed by atoms with E-state index in [1.807, 2.05) is 12.1 Å². The molecule has 5 heteroatoms. The second-order valence-electron chi connectivity index (χ2n) is 3.68. The van der Waals surface area contributed by atoms with Crippen LogP contribution in [0.1, 0.15) is 20.7 Å². The van der Waals surface area contributed by atoms with Crippen LogP contribution in [0.5, 0.6) is 0 Å². The van der Waals surface area contributed by atoms with E-state index in [1.54, 1.807) is 12.1 Å². The average molecular weight is 356 g/mol. The summed E-state index contributed by atoms with van der Waals surface area (Å²) in [5, 5.41) is 1.47. The summed E-state index contributed by atoms with van der Waals surface area (Å²) in [6.07, 6.45) is 0. The van der Waals surface area contributed by atoms with Crippen LogP contribution >= 0.6 is 31.9 Å². The molecule has 0 saturated heterocycles. The number of rotatable bonds is 0. The van der Waals surface area contributed by atoms with Crippen LogP contribution < -0.4 is 0 Å². The lowest BCUT2D eigenvalue weighted by Gasteiger charge is -2.16. The van der Waals surface area contributed by atoms with Crippen molar-refractivity contribution in [1.29, 1.82) is 0 Å². The largest absolute Gasteiger partial charge is 0.386 e. The Bertz CT molecular complexity index is 637. The van der Waals surface area contributed by atoms with Crippen LogP contribution in [-0.2, 0) is 4.74 Å². The number of esters is 2. The van der Waals surface area contributed by atoms with E-state index in [4.69, 9.17) is 4.74 Å². The molecular formula is C12H4Br2O3. The Morgan fingerprint density at radius 3 is 1.76 bits per heavy atom. The Morgan fingerprint density at radius 1 is 0.824 bits per heavy atom. The van der Waals surface area contributed by atoms with Gasteiger partial charge in [-0.3, -0.25) is 0 Å². The minimum absolute atomic E-state index is 0.413. The molecule has 0 unspecified atom stereocenters. The highest BCUT2D eigenvalue weighted by atomic mass is 79.9. The minimum Gasteiger partial charge on any atom is -0.386 e. The predicted octanol–water partition coefficient (Wildman–Crippen LogP) is 3.68. The van der Waals surface area contributed by atoms with Gasteiger partial charge in [0.1, 0.15) is 0 Å². The first-order valence-electron chi connectivity index (χ1n) is 4.75. The number of carbonyl (C=O) groups is 2. The number of ether oxygens (including phenoxy) is 1. The summed E-state index contributed by atoms with van der Waals surface area (Å²) in [6, 6.07) is 7.04. The first-order chi connectivity index (χ1) is 8.06. The van der Waals surface area contributed by atoms with Gasteiger partial charge in [0.25, 0.3) is 0 Å². The van der Waals surface area contributed by atoms with Gasteiger partial charge in [-0.1, -0.05) is 31.9 Å². The fourth-order valence-corrected chi connectivity index (χ4v) is 2.91. The normalized spacial score (nSPS) is 14.0. The maximum absolute atomic E-state index is 11.6. The zero-order chi connectivity index (χ0) is 12.2. The van der Waals surface area contributed by atoms with Crippen LogP contribution in [0.15, 0.2) is 33.2 Å². The van der Waals surface area contributed by atoms with Gasteiger partial charge in [0.2, 0.25) is 0 Å². The van der Waals surface area contributed by atoms with Gasteiger partial charge in [-0.25, -0.2) is 9.59 Å². The molecule has 0 atom stereocenters. The van der Waals surface area contributed by atoms with E-state index in [2.05, 4.69) is 31.9 Å². The zero-order valence-electron chi connectivity index (χ0n) is 8.29. The van der Waals surface area contributed by atoms with Gasteiger partial charge in [-0.2, -0.15) is 0 Å². The van der Waals surface area contributed by atoms with Crippen molar-refractivity contribution in [3.63, 3.8) is 0 Å². The molecule has 0 fully saturated rings. The Balaban J connectivity index is 2.56. The smallest absolute Gasteiger partial charge is 0.346 e. The standard InChI is InChI=1S/C12H4Br2O3/c13-6-1-5-2-7(14)4-9-10(5)8(3-6)11(15)17-12(9)16/h1-4H. The first-order valence-corrected chi connectivity index (χ1v) is 6.34. The minimum atomic E-state index is -0.601. The topological polar surface area (TPSA) is 43.4 Å². The molecule has 0 radical (unpaired) electrons. The van der Waals surface area contributed by atoms with Crippen LogP contribution in [0.2, 0.25) is 0 Å². The average Bonchev–Trinajstić information content (AvgIpc) is 2.24. The van der Waals surface area contributed by atoms with Crippen molar-refractivity contribution in [1.82, 2.24) is 0 Å². The summed E-state index contributed by atoms with van der Waals surface area (Å²) in [4.78, 5) is 23.3. The molecule has 1 heterocycles. The molecular weight excluding hydrogens is 352 g/mol. The van der Waals surface area contributed by atoms with E-state index in [0.717, 1.165) is 14.3 Å². The molecule has 2 aromatic carbocycles. The van der Waals surface area contributed by atoms with Crippen molar-refractivity contribution in [2.75, 3.05) is 0 Å². The third kappa shape index (κ3) is 1.61. The molecule has 1 aliphatic rings. The van der Waals surface area contributed by atoms with Crippen molar-refractivity contribution in [3.05, 3.63) is 44.3 Å². The highest BCUT2D eigenvalue weighted by Crippen LogP contribution is 2.33. The number of benzene rings is 2. The van der Waals surface area contributed by atoms with Crippen molar-refractivity contribution < 1.29 is 14.3 Å². The van der Waals surface area contributed by atoms with E-state index < -0.39 is 11.9 Å². The third-order valence-corrected chi connectivity index (χ3v) is 3.52. The summed E-state index contributed by atoms with van der Waals surface area (Å²) in [5.74, 6) is -1.20. The fraction of sp³-hybridized carbons (Fsp3) is 0. The molecule has 1 aliphatic heterocycles. The van der Waals surface area contributed by atoms with Crippen LogP contribution in [-0.4, -0.2) is 11.9 Å². The van der Waals surface area contributed by atoms with Gasteiger partial charge in [-0.15, -0.1) is 0 Å². The number of cyclic esters (lactones) is 2. The van der Waals surface area contributed by atoms with Gasteiger partial charge in [0, 0.05) is 14.3 Å². The highest BCUT2D eigenvalue weighted by molar-refractivity contribution is 9.10. The van der Waals surface area contributed by atoms with Gasteiger partial charge in [0.05, 0.1) is 11.1 Å². The Labute approximate surface area is 113 Å². The molecule has 3 nitrogen and oxygen atoms in total. The molecule has 0 N–H and O–H groups in total. The van der Waals surface area contributed by atoms with E-state index in [1.165, 1.54) is 0 Å². The summed E-state index contributed by atoms with van der Waals surface area (Å²) < 4.78 is 6.24. The highest BCUT2D eigenvalue weighted by Gasteiger charge is 2.27. The lowest BCUT2D eigenvalue weighted by atomic mass is 9.97. The summed E-state index contributed by atoms with van der Waals surface area (Å²) in [5.41, 5.74) is 0.827. The van der Waals surface area contributed by atoms with Crippen molar-refractivity contribution in [2.45, 2.75) is 0 Å². The van der Waals surface area contributed by atoms with Crippen molar-refractivity contribution >= 4 is 54.6 Å². The second-order valence-corrected chi connectivity index (χ2v) is 5.51. The van der Waals surface area contributed by atoms with Gasteiger partial charge < -0.3 is 4.74 Å². The third-order valence-electron chi connectivity index (χ3n) is 2.60. The molecule has 3 rings (SSSR count).